The van der Waals surface area contributed by atoms with Gasteiger partial charge in [-0.05, 0) is 43.4 Å². The Kier molecular flexibility index (Phi) is 1.24. The van der Waals surface area contributed by atoms with Crippen molar-refractivity contribution in [3.8, 4) is 0 Å². The summed E-state index contributed by atoms with van der Waals surface area (Å²) < 4.78 is 0. The molecule has 0 nitrogen and oxygen atoms in total. The summed E-state index contributed by atoms with van der Waals surface area (Å²) in [5, 5.41) is 0.631. The van der Waals surface area contributed by atoms with Crippen molar-refractivity contribution < 1.29 is 0 Å². The van der Waals surface area contributed by atoms with Crippen molar-refractivity contribution in [1.29, 1.82) is 0 Å². The molecule has 0 aromatic rings. The Morgan fingerprint density at radius 1 is 1.27 bits per heavy atom. The quantitative estimate of drug-likeness (QED) is 0.439. The molecule has 4 fully saturated rings. The number of alkyl halides is 1. The van der Waals surface area contributed by atoms with Crippen molar-refractivity contribution in [3.05, 3.63) is 0 Å². The monoisotopic (exact) mass is 188 g/mol. The van der Waals surface area contributed by atoms with Gasteiger partial charge < -0.3 is 0 Å². The molecule has 11 heavy (non-hydrogen) atoms. The molecule has 0 N–H and O–H groups in total. The third-order valence-electron chi connectivity index (χ3n) is 4.01. The predicted molar refractivity (Wildman–Crippen MR) is 50.3 cm³/mol. The summed E-state index contributed by atoms with van der Waals surface area (Å²) in [7, 11) is 0. The molecule has 2 heteroatoms. The summed E-state index contributed by atoms with van der Waals surface area (Å²) in [5.41, 5.74) is 0. The Morgan fingerprint density at radius 2 is 2.09 bits per heavy atom. The molecule has 0 aromatic carbocycles. The van der Waals surface area contributed by atoms with E-state index in [1.807, 2.05) is 0 Å². The molecule has 0 aliphatic heterocycles. The normalized spacial score (nSPS) is 66.0. The summed E-state index contributed by atoms with van der Waals surface area (Å²) >= 11 is 11.2. The van der Waals surface area contributed by atoms with E-state index in [1.54, 1.807) is 0 Å². The first-order valence-electron chi connectivity index (χ1n) is 4.56. The molecule has 0 spiro atoms. The Labute approximate surface area is 78.1 Å². The first kappa shape index (κ1) is 7.08. The van der Waals surface area contributed by atoms with E-state index in [0.29, 0.717) is 5.25 Å². The second-order valence-electron chi connectivity index (χ2n) is 4.64. The number of hydrogen-bond donors (Lipinski definition) is 1. The van der Waals surface area contributed by atoms with Gasteiger partial charge in [-0.3, -0.25) is 0 Å². The Morgan fingerprint density at radius 3 is 2.73 bits per heavy atom. The molecule has 4 bridgehead atoms. The van der Waals surface area contributed by atoms with Crippen LogP contribution in [0.1, 0.15) is 25.7 Å². The molecule has 5 atom stereocenters. The van der Waals surface area contributed by atoms with Gasteiger partial charge in [0.15, 0.2) is 0 Å². The van der Waals surface area contributed by atoms with Crippen molar-refractivity contribution in [1.82, 2.24) is 0 Å². The fourth-order valence-corrected chi connectivity index (χ4v) is 5.04. The molecule has 62 valence electrons. The van der Waals surface area contributed by atoms with Crippen molar-refractivity contribution in [2.45, 2.75) is 35.8 Å². The van der Waals surface area contributed by atoms with Gasteiger partial charge in [0.1, 0.15) is 0 Å². The standard InChI is InChI=1S/C9H13ClS/c10-9-3-5-1-6(4-9)8(11)7(9)2-5/h5-8,11H,1-4H2/t5?,6?,7?,8-,9?/m0/s1. The first-order valence-corrected chi connectivity index (χ1v) is 5.45. The zero-order chi connectivity index (χ0) is 7.64. The third-order valence-corrected chi connectivity index (χ3v) is 5.38. The summed E-state index contributed by atoms with van der Waals surface area (Å²) in [6.07, 6.45) is 5.32. The van der Waals surface area contributed by atoms with Crippen LogP contribution in [0.2, 0.25) is 0 Å². The minimum absolute atomic E-state index is 0.194. The molecule has 0 heterocycles. The van der Waals surface area contributed by atoms with E-state index in [0.717, 1.165) is 17.8 Å². The van der Waals surface area contributed by atoms with Crippen molar-refractivity contribution in [3.63, 3.8) is 0 Å². The Bertz CT molecular complexity index is 206. The number of hydrogen-bond acceptors (Lipinski definition) is 1. The highest BCUT2D eigenvalue weighted by atomic mass is 35.5. The maximum Gasteiger partial charge on any atom is 0.0491 e. The maximum absolute atomic E-state index is 6.54. The SMILES string of the molecule is S[C@H]1C2CC3CC1C(Cl)(C3)C2. The zero-order valence-electron chi connectivity index (χ0n) is 6.46. The van der Waals surface area contributed by atoms with E-state index in [-0.39, 0.29) is 4.87 Å². The van der Waals surface area contributed by atoms with Crippen LogP contribution in [0, 0.1) is 17.8 Å². The minimum atomic E-state index is 0.194. The van der Waals surface area contributed by atoms with Crippen LogP contribution in [0.4, 0.5) is 0 Å². The summed E-state index contributed by atoms with van der Waals surface area (Å²) in [5.74, 6) is 2.56. The third kappa shape index (κ3) is 0.746. The number of thiol groups is 1. The fraction of sp³-hybridized carbons (Fsp3) is 1.00. The molecule has 4 aliphatic carbocycles. The Hall–Kier alpha value is 0.640. The van der Waals surface area contributed by atoms with Gasteiger partial charge >= 0.3 is 0 Å². The lowest BCUT2D eigenvalue weighted by molar-refractivity contribution is 0.290. The topological polar surface area (TPSA) is 0 Å². The molecule has 4 aliphatic rings. The van der Waals surface area contributed by atoms with Crippen LogP contribution in [0.3, 0.4) is 0 Å². The van der Waals surface area contributed by atoms with Crippen molar-refractivity contribution >= 4 is 24.2 Å². The first-order chi connectivity index (χ1) is 5.19. The van der Waals surface area contributed by atoms with E-state index in [9.17, 15) is 0 Å². The second-order valence-corrected chi connectivity index (χ2v) is 5.99. The fourth-order valence-electron chi connectivity index (χ4n) is 3.68. The lowest BCUT2D eigenvalue weighted by Crippen LogP contribution is -2.23. The van der Waals surface area contributed by atoms with Gasteiger partial charge in [-0.15, -0.1) is 11.6 Å². The van der Waals surface area contributed by atoms with Gasteiger partial charge in [-0.2, -0.15) is 12.6 Å². The highest BCUT2D eigenvalue weighted by molar-refractivity contribution is 7.81. The maximum atomic E-state index is 6.54. The Balaban J connectivity index is 2.04. The smallest absolute Gasteiger partial charge is 0.0491 e. The molecular weight excluding hydrogens is 176 g/mol. The molecule has 4 saturated carbocycles. The minimum Gasteiger partial charge on any atom is -0.175 e. The predicted octanol–water partition coefficient (Wildman–Crippen LogP) is 2.71. The second kappa shape index (κ2) is 1.93. The lowest BCUT2D eigenvalue weighted by Gasteiger charge is -2.28. The average molecular weight is 189 g/mol. The molecule has 4 unspecified atom stereocenters. The molecule has 0 saturated heterocycles. The highest BCUT2D eigenvalue weighted by Gasteiger charge is 2.60. The van der Waals surface area contributed by atoms with Gasteiger partial charge in [0, 0.05) is 10.1 Å². The molecule has 4 rings (SSSR count). The van der Waals surface area contributed by atoms with E-state index >= 15 is 0 Å². The van der Waals surface area contributed by atoms with Crippen LogP contribution >= 0.6 is 24.2 Å². The van der Waals surface area contributed by atoms with E-state index < -0.39 is 0 Å². The number of rotatable bonds is 0. The van der Waals surface area contributed by atoms with Crippen LogP contribution in [-0.4, -0.2) is 10.1 Å². The molecular formula is C9H13ClS. The number of halogens is 1. The van der Waals surface area contributed by atoms with Gasteiger partial charge in [0.05, 0.1) is 0 Å². The van der Waals surface area contributed by atoms with Gasteiger partial charge in [-0.25, -0.2) is 0 Å². The van der Waals surface area contributed by atoms with Crippen LogP contribution in [0.15, 0.2) is 0 Å². The summed E-state index contributed by atoms with van der Waals surface area (Å²) in [6.45, 7) is 0. The van der Waals surface area contributed by atoms with Crippen LogP contribution in [0.25, 0.3) is 0 Å². The average Bonchev–Trinajstić information content (AvgIpc) is 2.25. The van der Waals surface area contributed by atoms with Gasteiger partial charge in [0.2, 0.25) is 0 Å². The van der Waals surface area contributed by atoms with Gasteiger partial charge in [-0.1, -0.05) is 0 Å². The van der Waals surface area contributed by atoms with E-state index in [4.69, 9.17) is 11.6 Å². The lowest BCUT2D eigenvalue weighted by atomic mass is 9.82. The van der Waals surface area contributed by atoms with Crippen LogP contribution in [0.5, 0.6) is 0 Å². The largest absolute Gasteiger partial charge is 0.175 e. The summed E-state index contributed by atoms with van der Waals surface area (Å²) in [6, 6.07) is 0. The summed E-state index contributed by atoms with van der Waals surface area (Å²) in [4.78, 5) is 0.194. The van der Waals surface area contributed by atoms with Crippen molar-refractivity contribution in [2.75, 3.05) is 0 Å². The molecule has 0 radical (unpaired) electrons. The molecule has 0 amide bonds. The van der Waals surface area contributed by atoms with E-state index in [2.05, 4.69) is 12.6 Å². The highest BCUT2D eigenvalue weighted by Crippen LogP contribution is 2.64. The zero-order valence-corrected chi connectivity index (χ0v) is 8.11. The molecule has 0 aromatic heterocycles. The van der Waals surface area contributed by atoms with E-state index in [1.165, 1.54) is 25.7 Å². The van der Waals surface area contributed by atoms with Crippen LogP contribution < -0.4 is 0 Å². The van der Waals surface area contributed by atoms with Crippen LogP contribution in [-0.2, 0) is 0 Å². The van der Waals surface area contributed by atoms with Crippen molar-refractivity contribution in [2.24, 2.45) is 17.8 Å². The van der Waals surface area contributed by atoms with Gasteiger partial charge in [0.25, 0.3) is 0 Å².